The number of aryl methyl sites for hydroxylation is 2. The SMILES string of the molecule is Cc1ccc2c(c1C)OC(=O)CC2. The molecule has 1 aromatic rings. The summed E-state index contributed by atoms with van der Waals surface area (Å²) in [7, 11) is 0. The summed E-state index contributed by atoms with van der Waals surface area (Å²) in [5.74, 6) is 0.678. The van der Waals surface area contributed by atoms with E-state index in [2.05, 4.69) is 6.07 Å². The summed E-state index contributed by atoms with van der Waals surface area (Å²) in [5.41, 5.74) is 3.42. The molecule has 0 fully saturated rings. The van der Waals surface area contributed by atoms with Crippen LogP contribution < -0.4 is 4.74 Å². The minimum absolute atomic E-state index is 0.110. The standard InChI is InChI=1S/C11H12O2/c1-7-3-4-9-5-6-10(12)13-11(9)8(7)2/h3-4H,5-6H2,1-2H3. The molecule has 0 bridgehead atoms. The summed E-state index contributed by atoms with van der Waals surface area (Å²) in [5, 5.41) is 0. The molecule has 1 aliphatic rings. The average Bonchev–Trinajstić information content (AvgIpc) is 2.12. The molecule has 0 unspecified atom stereocenters. The highest BCUT2D eigenvalue weighted by atomic mass is 16.5. The van der Waals surface area contributed by atoms with E-state index >= 15 is 0 Å². The Bertz CT molecular complexity index is 367. The minimum atomic E-state index is -0.110. The number of carbonyl (C=O) groups excluding carboxylic acids is 1. The van der Waals surface area contributed by atoms with Gasteiger partial charge in [-0.2, -0.15) is 0 Å². The first-order valence-electron chi connectivity index (χ1n) is 4.48. The summed E-state index contributed by atoms with van der Waals surface area (Å²) in [6, 6.07) is 4.12. The van der Waals surface area contributed by atoms with Crippen molar-refractivity contribution in [1.82, 2.24) is 0 Å². The molecule has 13 heavy (non-hydrogen) atoms. The second-order valence-electron chi connectivity index (χ2n) is 3.47. The fraction of sp³-hybridized carbons (Fsp3) is 0.364. The van der Waals surface area contributed by atoms with Crippen LogP contribution in [-0.4, -0.2) is 5.97 Å². The van der Waals surface area contributed by atoms with E-state index in [1.54, 1.807) is 0 Å². The van der Waals surface area contributed by atoms with Gasteiger partial charge in [-0.25, -0.2) is 0 Å². The lowest BCUT2D eigenvalue weighted by Gasteiger charge is -2.18. The van der Waals surface area contributed by atoms with Crippen LogP contribution in [0.2, 0.25) is 0 Å². The van der Waals surface area contributed by atoms with Crippen LogP contribution in [0.4, 0.5) is 0 Å². The minimum Gasteiger partial charge on any atom is -0.426 e. The van der Waals surface area contributed by atoms with Gasteiger partial charge in [0, 0.05) is 0 Å². The number of hydrogen-bond acceptors (Lipinski definition) is 2. The molecular formula is C11H12O2. The maximum atomic E-state index is 11.1. The van der Waals surface area contributed by atoms with Gasteiger partial charge in [0.2, 0.25) is 0 Å². The Morgan fingerprint density at radius 3 is 2.77 bits per heavy atom. The number of esters is 1. The predicted octanol–water partition coefficient (Wildman–Crippen LogP) is 2.16. The third-order valence-corrected chi connectivity index (χ3v) is 2.57. The molecule has 1 aromatic carbocycles. The topological polar surface area (TPSA) is 26.3 Å². The van der Waals surface area contributed by atoms with Crippen LogP contribution in [0.25, 0.3) is 0 Å². The molecule has 2 heteroatoms. The molecule has 0 spiro atoms. The second-order valence-corrected chi connectivity index (χ2v) is 3.47. The van der Waals surface area contributed by atoms with Gasteiger partial charge < -0.3 is 4.74 Å². The van der Waals surface area contributed by atoms with Crippen molar-refractivity contribution in [2.24, 2.45) is 0 Å². The van der Waals surface area contributed by atoms with Crippen molar-refractivity contribution in [1.29, 1.82) is 0 Å². The van der Waals surface area contributed by atoms with E-state index in [4.69, 9.17) is 4.74 Å². The maximum absolute atomic E-state index is 11.1. The van der Waals surface area contributed by atoms with E-state index in [-0.39, 0.29) is 5.97 Å². The van der Waals surface area contributed by atoms with Gasteiger partial charge >= 0.3 is 5.97 Å². The van der Waals surface area contributed by atoms with Crippen LogP contribution >= 0.6 is 0 Å². The number of rotatable bonds is 0. The normalized spacial score (nSPS) is 15.1. The molecule has 0 amide bonds. The largest absolute Gasteiger partial charge is 0.426 e. The molecule has 0 atom stereocenters. The number of ether oxygens (including phenoxy) is 1. The molecule has 0 radical (unpaired) electrons. The zero-order valence-corrected chi connectivity index (χ0v) is 7.89. The molecule has 0 saturated heterocycles. The van der Waals surface area contributed by atoms with Gasteiger partial charge in [-0.3, -0.25) is 4.79 Å². The molecule has 2 nitrogen and oxygen atoms in total. The van der Waals surface area contributed by atoms with E-state index in [0.29, 0.717) is 6.42 Å². The van der Waals surface area contributed by atoms with Gasteiger partial charge in [0.1, 0.15) is 5.75 Å². The van der Waals surface area contributed by atoms with Gasteiger partial charge in [0.15, 0.2) is 0 Å². The Morgan fingerprint density at radius 1 is 1.23 bits per heavy atom. The Morgan fingerprint density at radius 2 is 2.00 bits per heavy atom. The molecule has 2 rings (SSSR count). The summed E-state index contributed by atoms with van der Waals surface area (Å²) in [6.07, 6.45) is 1.32. The summed E-state index contributed by atoms with van der Waals surface area (Å²) in [4.78, 5) is 11.1. The van der Waals surface area contributed by atoms with Gasteiger partial charge in [0.05, 0.1) is 6.42 Å². The van der Waals surface area contributed by atoms with Crippen molar-refractivity contribution in [3.63, 3.8) is 0 Å². The zero-order valence-electron chi connectivity index (χ0n) is 7.89. The highest BCUT2D eigenvalue weighted by Gasteiger charge is 2.19. The van der Waals surface area contributed by atoms with Crippen LogP contribution in [0, 0.1) is 13.8 Å². The van der Waals surface area contributed by atoms with Crippen LogP contribution in [0.3, 0.4) is 0 Å². The lowest BCUT2D eigenvalue weighted by Crippen LogP contribution is -2.16. The maximum Gasteiger partial charge on any atom is 0.311 e. The van der Waals surface area contributed by atoms with E-state index < -0.39 is 0 Å². The smallest absolute Gasteiger partial charge is 0.311 e. The van der Waals surface area contributed by atoms with E-state index in [1.165, 1.54) is 5.56 Å². The molecular weight excluding hydrogens is 164 g/mol. The lowest BCUT2D eigenvalue weighted by molar-refractivity contribution is -0.135. The highest BCUT2D eigenvalue weighted by molar-refractivity contribution is 5.76. The van der Waals surface area contributed by atoms with Crippen LogP contribution in [0.15, 0.2) is 12.1 Å². The van der Waals surface area contributed by atoms with Crippen molar-refractivity contribution in [2.45, 2.75) is 26.7 Å². The van der Waals surface area contributed by atoms with Crippen molar-refractivity contribution in [3.8, 4) is 5.75 Å². The summed E-state index contributed by atoms with van der Waals surface area (Å²) >= 11 is 0. The van der Waals surface area contributed by atoms with E-state index in [9.17, 15) is 4.79 Å². The Balaban J connectivity index is 2.54. The first kappa shape index (κ1) is 8.30. The molecule has 0 aromatic heterocycles. The fourth-order valence-corrected chi connectivity index (χ4v) is 1.59. The number of carbonyl (C=O) groups is 1. The highest BCUT2D eigenvalue weighted by Crippen LogP contribution is 2.30. The number of benzene rings is 1. The first-order chi connectivity index (χ1) is 6.18. The molecule has 1 heterocycles. The van der Waals surface area contributed by atoms with Crippen molar-refractivity contribution >= 4 is 5.97 Å². The third-order valence-electron chi connectivity index (χ3n) is 2.57. The van der Waals surface area contributed by atoms with Gasteiger partial charge in [-0.1, -0.05) is 12.1 Å². The molecule has 68 valence electrons. The molecule has 0 aliphatic carbocycles. The van der Waals surface area contributed by atoms with Gasteiger partial charge in [0.25, 0.3) is 0 Å². The van der Waals surface area contributed by atoms with Crippen LogP contribution in [-0.2, 0) is 11.2 Å². The van der Waals surface area contributed by atoms with Crippen LogP contribution in [0.1, 0.15) is 23.1 Å². The number of hydrogen-bond donors (Lipinski definition) is 0. The second kappa shape index (κ2) is 2.87. The Labute approximate surface area is 77.5 Å². The fourth-order valence-electron chi connectivity index (χ4n) is 1.59. The van der Waals surface area contributed by atoms with E-state index in [1.807, 2.05) is 19.9 Å². The Kier molecular flexibility index (Phi) is 1.83. The number of fused-ring (bicyclic) bond motifs is 1. The lowest BCUT2D eigenvalue weighted by atomic mass is 9.99. The first-order valence-corrected chi connectivity index (χ1v) is 4.48. The van der Waals surface area contributed by atoms with E-state index in [0.717, 1.165) is 23.3 Å². The molecule has 0 N–H and O–H groups in total. The quantitative estimate of drug-likeness (QED) is 0.447. The monoisotopic (exact) mass is 176 g/mol. The predicted molar refractivity (Wildman–Crippen MR) is 49.9 cm³/mol. The van der Waals surface area contributed by atoms with Gasteiger partial charge in [-0.15, -0.1) is 0 Å². The Hall–Kier alpha value is -1.31. The van der Waals surface area contributed by atoms with Crippen molar-refractivity contribution in [2.75, 3.05) is 0 Å². The van der Waals surface area contributed by atoms with Crippen molar-refractivity contribution in [3.05, 3.63) is 28.8 Å². The molecule has 0 saturated carbocycles. The van der Waals surface area contributed by atoms with Gasteiger partial charge in [-0.05, 0) is 37.0 Å². The summed E-state index contributed by atoms with van der Waals surface area (Å²) in [6.45, 7) is 4.02. The zero-order chi connectivity index (χ0) is 9.42. The third kappa shape index (κ3) is 1.32. The molecule has 1 aliphatic heterocycles. The average molecular weight is 176 g/mol. The summed E-state index contributed by atoms with van der Waals surface area (Å²) < 4.78 is 5.20. The van der Waals surface area contributed by atoms with Crippen molar-refractivity contribution < 1.29 is 9.53 Å². The van der Waals surface area contributed by atoms with Crippen LogP contribution in [0.5, 0.6) is 5.75 Å².